The molecule has 1 aromatic carbocycles. The summed E-state index contributed by atoms with van der Waals surface area (Å²) >= 11 is 3.37. The van der Waals surface area contributed by atoms with Crippen molar-refractivity contribution in [2.24, 2.45) is 0 Å². The zero-order valence-corrected chi connectivity index (χ0v) is 8.32. The third-order valence-corrected chi connectivity index (χ3v) is 2.37. The van der Waals surface area contributed by atoms with E-state index in [1.807, 2.05) is 12.1 Å². The molecule has 0 aliphatic carbocycles. The molecule has 0 saturated carbocycles. The number of rotatable bonds is 1. The molecule has 3 nitrogen and oxygen atoms in total. The Hall–Kier alpha value is -1.00. The molecule has 0 aliphatic heterocycles. The van der Waals surface area contributed by atoms with Gasteiger partial charge in [0.1, 0.15) is 5.52 Å². The van der Waals surface area contributed by atoms with Crippen LogP contribution >= 0.6 is 15.9 Å². The Morgan fingerprint density at radius 2 is 2.00 bits per heavy atom. The molecule has 66 valence electrons. The van der Waals surface area contributed by atoms with Gasteiger partial charge in [-0.15, -0.1) is 0 Å². The predicted molar refractivity (Wildman–Crippen MR) is 53.2 cm³/mol. The third-order valence-electron chi connectivity index (χ3n) is 1.77. The van der Waals surface area contributed by atoms with Gasteiger partial charge in [0.25, 0.3) is 0 Å². The SMILES string of the molecule is OCc1cc(Br)c2nccnc2c1. The van der Waals surface area contributed by atoms with Gasteiger partial charge in [-0.05, 0) is 33.6 Å². The van der Waals surface area contributed by atoms with Gasteiger partial charge in [0, 0.05) is 16.9 Å². The van der Waals surface area contributed by atoms with Crippen molar-refractivity contribution >= 4 is 27.0 Å². The summed E-state index contributed by atoms with van der Waals surface area (Å²) in [6.45, 7) is 0.0190. The molecule has 0 spiro atoms. The molecule has 13 heavy (non-hydrogen) atoms. The summed E-state index contributed by atoms with van der Waals surface area (Å²) in [5.74, 6) is 0. The minimum absolute atomic E-state index is 0.0190. The van der Waals surface area contributed by atoms with Gasteiger partial charge in [0.05, 0.1) is 12.1 Å². The van der Waals surface area contributed by atoms with Crippen molar-refractivity contribution in [1.82, 2.24) is 9.97 Å². The number of aromatic nitrogens is 2. The number of hydrogen-bond acceptors (Lipinski definition) is 3. The van der Waals surface area contributed by atoms with Gasteiger partial charge < -0.3 is 5.11 Å². The molecule has 0 radical (unpaired) electrons. The second-order valence-corrected chi connectivity index (χ2v) is 3.51. The van der Waals surface area contributed by atoms with Crippen molar-refractivity contribution < 1.29 is 5.11 Å². The van der Waals surface area contributed by atoms with Crippen LogP contribution in [0.4, 0.5) is 0 Å². The van der Waals surface area contributed by atoms with Gasteiger partial charge in [-0.3, -0.25) is 9.97 Å². The lowest BCUT2D eigenvalue weighted by molar-refractivity contribution is 0.282. The van der Waals surface area contributed by atoms with Gasteiger partial charge in [0.2, 0.25) is 0 Å². The van der Waals surface area contributed by atoms with Crippen LogP contribution in [0.5, 0.6) is 0 Å². The van der Waals surface area contributed by atoms with E-state index in [1.54, 1.807) is 12.4 Å². The lowest BCUT2D eigenvalue weighted by atomic mass is 10.2. The number of hydrogen-bond donors (Lipinski definition) is 1. The molecule has 0 aliphatic rings. The number of aliphatic hydroxyl groups excluding tert-OH is 1. The van der Waals surface area contributed by atoms with Crippen molar-refractivity contribution in [3.05, 3.63) is 34.6 Å². The molecule has 0 fully saturated rings. The van der Waals surface area contributed by atoms with Crippen LogP contribution in [0.1, 0.15) is 5.56 Å². The number of halogens is 1. The summed E-state index contributed by atoms with van der Waals surface area (Å²) < 4.78 is 0.863. The normalized spacial score (nSPS) is 10.6. The van der Waals surface area contributed by atoms with E-state index in [0.29, 0.717) is 0 Å². The first-order chi connectivity index (χ1) is 6.31. The summed E-state index contributed by atoms with van der Waals surface area (Å²) in [5.41, 5.74) is 2.44. The first-order valence-electron chi connectivity index (χ1n) is 3.81. The van der Waals surface area contributed by atoms with E-state index in [9.17, 15) is 0 Å². The molecular formula is C9H7BrN2O. The minimum atomic E-state index is 0.0190. The Labute approximate surface area is 83.6 Å². The van der Waals surface area contributed by atoms with Crippen molar-refractivity contribution in [2.75, 3.05) is 0 Å². The van der Waals surface area contributed by atoms with Crippen LogP contribution in [0.15, 0.2) is 29.0 Å². The van der Waals surface area contributed by atoms with Gasteiger partial charge in [-0.1, -0.05) is 0 Å². The van der Waals surface area contributed by atoms with Crippen molar-refractivity contribution in [1.29, 1.82) is 0 Å². The average Bonchev–Trinajstić information content (AvgIpc) is 2.18. The maximum absolute atomic E-state index is 8.95. The molecule has 0 atom stereocenters. The fourth-order valence-electron chi connectivity index (χ4n) is 1.18. The summed E-state index contributed by atoms with van der Waals surface area (Å²) in [7, 11) is 0. The van der Waals surface area contributed by atoms with Crippen LogP contribution in [0.2, 0.25) is 0 Å². The monoisotopic (exact) mass is 238 g/mol. The Morgan fingerprint density at radius 3 is 2.77 bits per heavy atom. The van der Waals surface area contributed by atoms with E-state index < -0.39 is 0 Å². The van der Waals surface area contributed by atoms with Crippen LogP contribution in [0.25, 0.3) is 11.0 Å². The summed E-state index contributed by atoms with van der Waals surface area (Å²) in [6, 6.07) is 3.67. The summed E-state index contributed by atoms with van der Waals surface area (Å²) in [6.07, 6.45) is 3.28. The molecule has 1 N–H and O–H groups in total. The topological polar surface area (TPSA) is 46.0 Å². The number of nitrogens with zero attached hydrogens (tertiary/aromatic N) is 2. The van der Waals surface area contributed by atoms with Crippen LogP contribution < -0.4 is 0 Å². The van der Waals surface area contributed by atoms with Crippen molar-refractivity contribution in [3.8, 4) is 0 Å². The molecular weight excluding hydrogens is 232 g/mol. The van der Waals surface area contributed by atoms with E-state index in [-0.39, 0.29) is 6.61 Å². The Bertz CT molecular complexity index is 445. The summed E-state index contributed by atoms with van der Waals surface area (Å²) in [5, 5.41) is 8.95. The highest BCUT2D eigenvalue weighted by molar-refractivity contribution is 9.10. The zero-order chi connectivity index (χ0) is 9.26. The van der Waals surface area contributed by atoms with Crippen LogP contribution in [-0.4, -0.2) is 15.1 Å². The predicted octanol–water partition coefficient (Wildman–Crippen LogP) is 1.88. The molecule has 0 saturated heterocycles. The smallest absolute Gasteiger partial charge is 0.103 e. The van der Waals surface area contributed by atoms with E-state index in [4.69, 9.17) is 5.11 Å². The second kappa shape index (κ2) is 3.40. The lowest BCUT2D eigenvalue weighted by Gasteiger charge is -2.01. The lowest BCUT2D eigenvalue weighted by Crippen LogP contribution is -1.88. The fourth-order valence-corrected chi connectivity index (χ4v) is 1.78. The quantitative estimate of drug-likeness (QED) is 0.826. The van der Waals surface area contributed by atoms with Gasteiger partial charge >= 0.3 is 0 Å². The van der Waals surface area contributed by atoms with E-state index in [1.165, 1.54) is 0 Å². The first kappa shape index (κ1) is 8.59. The fraction of sp³-hybridized carbons (Fsp3) is 0.111. The molecule has 4 heteroatoms. The maximum atomic E-state index is 8.95. The van der Waals surface area contributed by atoms with Crippen LogP contribution in [-0.2, 0) is 6.61 Å². The third kappa shape index (κ3) is 1.55. The number of fused-ring (bicyclic) bond motifs is 1. The molecule has 1 heterocycles. The first-order valence-corrected chi connectivity index (χ1v) is 4.60. The highest BCUT2D eigenvalue weighted by Crippen LogP contribution is 2.22. The Kier molecular flexibility index (Phi) is 2.24. The number of benzene rings is 1. The van der Waals surface area contributed by atoms with Gasteiger partial charge in [-0.2, -0.15) is 0 Å². The van der Waals surface area contributed by atoms with Crippen LogP contribution in [0.3, 0.4) is 0 Å². The highest BCUT2D eigenvalue weighted by Gasteiger charge is 2.02. The van der Waals surface area contributed by atoms with Crippen LogP contribution in [0, 0.1) is 0 Å². The summed E-state index contributed by atoms with van der Waals surface area (Å²) in [4.78, 5) is 8.31. The number of aliphatic hydroxyl groups is 1. The van der Waals surface area contributed by atoms with E-state index in [2.05, 4.69) is 25.9 Å². The van der Waals surface area contributed by atoms with Gasteiger partial charge in [-0.25, -0.2) is 0 Å². The van der Waals surface area contributed by atoms with E-state index in [0.717, 1.165) is 21.1 Å². The molecule has 1 aromatic heterocycles. The zero-order valence-electron chi connectivity index (χ0n) is 6.74. The van der Waals surface area contributed by atoms with Crippen molar-refractivity contribution in [2.45, 2.75) is 6.61 Å². The Balaban J connectivity index is 2.77. The highest BCUT2D eigenvalue weighted by atomic mass is 79.9. The standard InChI is InChI=1S/C9H7BrN2O/c10-7-3-6(5-13)4-8-9(7)12-2-1-11-8/h1-4,13H,5H2. The molecule has 0 bridgehead atoms. The average molecular weight is 239 g/mol. The molecule has 0 unspecified atom stereocenters. The largest absolute Gasteiger partial charge is 0.392 e. The van der Waals surface area contributed by atoms with Gasteiger partial charge in [0.15, 0.2) is 0 Å². The minimum Gasteiger partial charge on any atom is -0.392 e. The molecule has 2 rings (SSSR count). The van der Waals surface area contributed by atoms with E-state index >= 15 is 0 Å². The molecule has 0 amide bonds. The van der Waals surface area contributed by atoms with Crippen molar-refractivity contribution in [3.63, 3.8) is 0 Å². The molecule has 2 aromatic rings. The second-order valence-electron chi connectivity index (χ2n) is 2.66. The maximum Gasteiger partial charge on any atom is 0.103 e. The Morgan fingerprint density at radius 1 is 1.23 bits per heavy atom.